The smallest absolute Gasteiger partial charge is 0.262 e. The summed E-state index contributed by atoms with van der Waals surface area (Å²) >= 11 is 6.15. The van der Waals surface area contributed by atoms with Crippen LogP contribution in [0.5, 0.6) is 5.75 Å². The molecule has 1 aliphatic rings. The Hall–Kier alpha value is -2.53. The summed E-state index contributed by atoms with van der Waals surface area (Å²) in [4.78, 5) is 24.2. The Morgan fingerprint density at radius 2 is 1.67 bits per heavy atom. The minimum atomic E-state index is -0.269. The van der Waals surface area contributed by atoms with E-state index in [1.807, 2.05) is 39.0 Å². The third-order valence-electron chi connectivity index (χ3n) is 4.59. The highest BCUT2D eigenvalue weighted by Crippen LogP contribution is 2.31. The van der Waals surface area contributed by atoms with E-state index in [1.54, 1.807) is 12.1 Å². The molecule has 1 saturated carbocycles. The van der Waals surface area contributed by atoms with Crippen LogP contribution in [0.3, 0.4) is 0 Å². The number of ether oxygens (including phenoxy) is 1. The van der Waals surface area contributed by atoms with Crippen LogP contribution in [-0.2, 0) is 9.59 Å². The Balaban J connectivity index is 1.61. The zero-order valence-corrected chi connectivity index (χ0v) is 16.4. The first-order chi connectivity index (χ1) is 12.8. The van der Waals surface area contributed by atoms with Gasteiger partial charge in [0, 0.05) is 22.3 Å². The third kappa shape index (κ3) is 4.80. The fourth-order valence-corrected chi connectivity index (χ4v) is 2.92. The monoisotopic (exact) mass is 386 g/mol. The number of benzene rings is 2. The van der Waals surface area contributed by atoms with Crippen LogP contribution in [0.4, 0.5) is 11.4 Å². The predicted molar refractivity (Wildman–Crippen MR) is 108 cm³/mol. The lowest BCUT2D eigenvalue weighted by Gasteiger charge is -2.14. The maximum atomic E-state index is 12.3. The number of rotatable bonds is 6. The molecule has 0 aliphatic heterocycles. The molecular formula is C21H23ClN2O3. The van der Waals surface area contributed by atoms with Crippen molar-refractivity contribution in [1.82, 2.24) is 0 Å². The molecule has 3 rings (SSSR count). The molecule has 5 nitrogen and oxygen atoms in total. The minimum Gasteiger partial charge on any atom is -0.484 e. The van der Waals surface area contributed by atoms with Gasteiger partial charge in [-0.05, 0) is 74.6 Å². The van der Waals surface area contributed by atoms with E-state index in [2.05, 4.69) is 10.6 Å². The van der Waals surface area contributed by atoms with Gasteiger partial charge < -0.3 is 15.4 Å². The number of anilines is 2. The Morgan fingerprint density at radius 3 is 2.26 bits per heavy atom. The summed E-state index contributed by atoms with van der Waals surface area (Å²) in [6.07, 6.45) is 1.89. The lowest BCUT2D eigenvalue weighted by atomic mass is 10.1. The van der Waals surface area contributed by atoms with Crippen molar-refractivity contribution >= 4 is 34.8 Å². The van der Waals surface area contributed by atoms with E-state index in [4.69, 9.17) is 16.3 Å². The molecule has 0 saturated heterocycles. The summed E-state index contributed by atoms with van der Waals surface area (Å²) in [5.41, 5.74) is 4.00. The van der Waals surface area contributed by atoms with Crippen LogP contribution in [0, 0.1) is 26.7 Å². The predicted octanol–water partition coefficient (Wildman–Crippen LogP) is 4.63. The molecule has 1 fully saturated rings. The van der Waals surface area contributed by atoms with Gasteiger partial charge in [0.05, 0.1) is 0 Å². The van der Waals surface area contributed by atoms with Crippen molar-refractivity contribution in [2.24, 2.45) is 5.92 Å². The lowest BCUT2D eigenvalue weighted by molar-refractivity contribution is -0.118. The molecule has 0 aromatic heterocycles. The van der Waals surface area contributed by atoms with Crippen molar-refractivity contribution < 1.29 is 14.3 Å². The molecule has 27 heavy (non-hydrogen) atoms. The summed E-state index contributed by atoms with van der Waals surface area (Å²) in [7, 11) is 0. The van der Waals surface area contributed by atoms with Gasteiger partial charge >= 0.3 is 0 Å². The number of hydrogen-bond acceptors (Lipinski definition) is 3. The molecule has 0 heterocycles. The number of aryl methyl sites for hydroxylation is 2. The molecule has 2 amide bonds. The van der Waals surface area contributed by atoms with Crippen LogP contribution in [0.25, 0.3) is 0 Å². The maximum Gasteiger partial charge on any atom is 0.262 e. The van der Waals surface area contributed by atoms with Crippen LogP contribution < -0.4 is 15.4 Å². The fourth-order valence-electron chi connectivity index (χ4n) is 2.81. The summed E-state index contributed by atoms with van der Waals surface area (Å²) in [5.74, 6) is 0.501. The zero-order chi connectivity index (χ0) is 19.6. The van der Waals surface area contributed by atoms with Crippen molar-refractivity contribution in [1.29, 1.82) is 0 Å². The van der Waals surface area contributed by atoms with E-state index in [-0.39, 0.29) is 24.3 Å². The molecule has 0 radical (unpaired) electrons. The van der Waals surface area contributed by atoms with E-state index in [1.165, 1.54) is 0 Å². The highest BCUT2D eigenvalue weighted by Gasteiger charge is 2.29. The molecule has 2 aromatic carbocycles. The Kier molecular flexibility index (Phi) is 5.71. The number of amides is 2. The van der Waals surface area contributed by atoms with Gasteiger partial charge in [-0.25, -0.2) is 0 Å². The SMILES string of the molecule is Cc1cc(OCC(=O)Nc2cccc(NC(=O)C3CC3)c2C)cc(C)c1Cl. The standard InChI is InChI=1S/C21H23ClN2O3/c1-12-9-16(10-13(2)20(12)22)27-11-19(25)23-17-5-4-6-18(14(17)3)24-21(26)15-7-8-15/h4-6,9-10,15H,7-8,11H2,1-3H3,(H,23,25)(H,24,26). The molecule has 0 bridgehead atoms. The van der Waals surface area contributed by atoms with Gasteiger partial charge in [-0.2, -0.15) is 0 Å². The molecule has 0 atom stereocenters. The van der Waals surface area contributed by atoms with E-state index >= 15 is 0 Å². The Morgan fingerprint density at radius 1 is 1.07 bits per heavy atom. The number of halogens is 1. The number of carbonyl (C=O) groups is 2. The molecular weight excluding hydrogens is 364 g/mol. The van der Waals surface area contributed by atoms with Gasteiger partial charge in [0.25, 0.3) is 5.91 Å². The minimum absolute atomic E-state index is 0.0402. The molecule has 6 heteroatoms. The van der Waals surface area contributed by atoms with Gasteiger partial charge in [0.15, 0.2) is 6.61 Å². The Labute approximate surface area is 164 Å². The average molecular weight is 387 g/mol. The largest absolute Gasteiger partial charge is 0.484 e. The molecule has 2 N–H and O–H groups in total. The van der Waals surface area contributed by atoms with Crippen molar-refractivity contribution in [3.63, 3.8) is 0 Å². The summed E-state index contributed by atoms with van der Waals surface area (Å²) in [6, 6.07) is 9.05. The topological polar surface area (TPSA) is 67.4 Å². The normalized spacial score (nSPS) is 13.2. The number of hydrogen-bond donors (Lipinski definition) is 2. The fraction of sp³-hybridized carbons (Fsp3) is 0.333. The van der Waals surface area contributed by atoms with Crippen molar-refractivity contribution in [2.45, 2.75) is 33.6 Å². The average Bonchev–Trinajstić information content (AvgIpc) is 3.46. The maximum absolute atomic E-state index is 12.3. The van der Waals surface area contributed by atoms with Gasteiger partial charge in [0.2, 0.25) is 5.91 Å². The van der Waals surface area contributed by atoms with Crippen LogP contribution >= 0.6 is 11.6 Å². The van der Waals surface area contributed by atoms with Gasteiger partial charge in [-0.1, -0.05) is 17.7 Å². The second-order valence-electron chi connectivity index (χ2n) is 6.95. The second kappa shape index (κ2) is 8.01. The van der Waals surface area contributed by atoms with Crippen LogP contribution in [0.15, 0.2) is 30.3 Å². The van der Waals surface area contributed by atoms with E-state index in [9.17, 15) is 9.59 Å². The van der Waals surface area contributed by atoms with Crippen molar-refractivity contribution in [3.8, 4) is 5.75 Å². The van der Waals surface area contributed by atoms with Crippen molar-refractivity contribution in [2.75, 3.05) is 17.2 Å². The highest BCUT2D eigenvalue weighted by atomic mass is 35.5. The zero-order valence-electron chi connectivity index (χ0n) is 15.7. The van der Waals surface area contributed by atoms with E-state index in [0.29, 0.717) is 16.5 Å². The summed E-state index contributed by atoms with van der Waals surface area (Å²) < 4.78 is 5.59. The summed E-state index contributed by atoms with van der Waals surface area (Å²) in [5, 5.41) is 6.47. The van der Waals surface area contributed by atoms with Crippen LogP contribution in [-0.4, -0.2) is 18.4 Å². The first-order valence-corrected chi connectivity index (χ1v) is 9.33. The molecule has 0 unspecified atom stereocenters. The van der Waals surface area contributed by atoms with Gasteiger partial charge in [-0.15, -0.1) is 0 Å². The number of nitrogens with one attached hydrogen (secondary N) is 2. The number of carbonyl (C=O) groups excluding carboxylic acids is 2. The van der Waals surface area contributed by atoms with Crippen molar-refractivity contribution in [3.05, 3.63) is 52.0 Å². The first-order valence-electron chi connectivity index (χ1n) is 8.95. The summed E-state index contributed by atoms with van der Waals surface area (Å²) in [6.45, 7) is 5.55. The van der Waals surface area contributed by atoms with E-state index < -0.39 is 0 Å². The van der Waals surface area contributed by atoms with E-state index in [0.717, 1.165) is 35.2 Å². The van der Waals surface area contributed by atoms with Gasteiger partial charge in [0.1, 0.15) is 5.75 Å². The molecule has 0 spiro atoms. The molecule has 2 aromatic rings. The lowest BCUT2D eigenvalue weighted by Crippen LogP contribution is -2.21. The second-order valence-corrected chi connectivity index (χ2v) is 7.33. The first kappa shape index (κ1) is 19.2. The molecule has 142 valence electrons. The van der Waals surface area contributed by atoms with Gasteiger partial charge in [-0.3, -0.25) is 9.59 Å². The van der Waals surface area contributed by atoms with Crippen LogP contribution in [0.1, 0.15) is 29.5 Å². The molecule has 1 aliphatic carbocycles. The third-order valence-corrected chi connectivity index (χ3v) is 5.19. The highest BCUT2D eigenvalue weighted by molar-refractivity contribution is 6.32. The Bertz CT molecular complexity index is 868. The van der Waals surface area contributed by atoms with Crippen LogP contribution in [0.2, 0.25) is 5.02 Å². The quantitative estimate of drug-likeness (QED) is 0.760.